The summed E-state index contributed by atoms with van der Waals surface area (Å²) in [6.45, 7) is -0.207. The van der Waals surface area contributed by atoms with Crippen molar-refractivity contribution in [1.82, 2.24) is 9.55 Å². The monoisotopic (exact) mass is 267 g/mol. The van der Waals surface area contributed by atoms with E-state index in [2.05, 4.69) is 9.71 Å². The van der Waals surface area contributed by atoms with E-state index in [0.717, 1.165) is 0 Å². The van der Waals surface area contributed by atoms with Gasteiger partial charge in [0.25, 0.3) is 10.0 Å². The zero-order valence-corrected chi connectivity index (χ0v) is 10.6. The van der Waals surface area contributed by atoms with Gasteiger partial charge in [0.15, 0.2) is 0 Å². The number of rotatable bonds is 4. The molecule has 7 heteroatoms. The van der Waals surface area contributed by atoms with E-state index < -0.39 is 10.0 Å². The van der Waals surface area contributed by atoms with Gasteiger partial charge in [-0.2, -0.15) is 0 Å². The first-order valence-electron chi connectivity index (χ1n) is 5.22. The molecule has 0 amide bonds. The first kappa shape index (κ1) is 12.6. The number of aryl methyl sites for hydroxylation is 1. The molecule has 0 fully saturated rings. The molecule has 0 saturated carbocycles. The van der Waals surface area contributed by atoms with Crippen LogP contribution in [0.1, 0.15) is 5.69 Å². The molecule has 96 valence electrons. The summed E-state index contributed by atoms with van der Waals surface area (Å²) in [6.07, 6.45) is 4.46. The number of anilines is 1. The third kappa shape index (κ3) is 2.52. The summed E-state index contributed by atoms with van der Waals surface area (Å²) in [5.41, 5.74) is 0.976. The Bertz CT molecular complexity index is 635. The van der Waals surface area contributed by atoms with Crippen LogP contribution in [0.5, 0.6) is 0 Å². The van der Waals surface area contributed by atoms with E-state index >= 15 is 0 Å². The van der Waals surface area contributed by atoms with Crippen LogP contribution in [0, 0.1) is 0 Å². The highest BCUT2D eigenvalue weighted by Gasteiger charge is 2.17. The number of nitrogens with zero attached hydrogens (tertiary/aromatic N) is 2. The molecular weight excluding hydrogens is 254 g/mol. The van der Waals surface area contributed by atoms with E-state index in [0.29, 0.717) is 11.4 Å². The third-order valence-electron chi connectivity index (χ3n) is 2.49. The number of hydrogen-bond donors (Lipinski definition) is 2. The second-order valence-electron chi connectivity index (χ2n) is 3.78. The van der Waals surface area contributed by atoms with Crippen LogP contribution in [-0.2, 0) is 23.7 Å². The van der Waals surface area contributed by atoms with Gasteiger partial charge >= 0.3 is 0 Å². The van der Waals surface area contributed by atoms with Crippen molar-refractivity contribution in [2.24, 2.45) is 7.05 Å². The first-order valence-corrected chi connectivity index (χ1v) is 6.70. The lowest BCUT2D eigenvalue weighted by Crippen LogP contribution is -2.12. The van der Waals surface area contributed by atoms with Gasteiger partial charge in [-0.05, 0) is 18.2 Å². The summed E-state index contributed by atoms with van der Waals surface area (Å²) in [4.78, 5) is 3.92. The summed E-state index contributed by atoms with van der Waals surface area (Å²) >= 11 is 0. The first-order chi connectivity index (χ1) is 8.53. The maximum absolute atomic E-state index is 12.1. The highest BCUT2D eigenvalue weighted by Crippen LogP contribution is 2.17. The van der Waals surface area contributed by atoms with Crippen LogP contribution < -0.4 is 4.72 Å². The minimum absolute atomic E-state index is 0.117. The van der Waals surface area contributed by atoms with E-state index in [1.54, 1.807) is 23.7 Å². The Hall–Kier alpha value is -1.86. The molecular formula is C11H13N3O3S. The molecule has 0 aliphatic rings. The highest BCUT2D eigenvalue weighted by molar-refractivity contribution is 7.92. The van der Waals surface area contributed by atoms with Crippen LogP contribution in [0.4, 0.5) is 5.69 Å². The average Bonchev–Trinajstić information content (AvgIpc) is 2.72. The SMILES string of the molecule is Cn1cc(S(=O)(=O)Nc2ccncc2)cc1CO. The van der Waals surface area contributed by atoms with E-state index in [-0.39, 0.29) is 11.5 Å². The van der Waals surface area contributed by atoms with Gasteiger partial charge in [0.2, 0.25) is 0 Å². The molecule has 2 rings (SSSR count). The zero-order chi connectivity index (χ0) is 13.2. The average molecular weight is 267 g/mol. The van der Waals surface area contributed by atoms with Gasteiger partial charge in [-0.3, -0.25) is 9.71 Å². The van der Waals surface area contributed by atoms with Crippen LogP contribution in [0.25, 0.3) is 0 Å². The normalized spacial score (nSPS) is 11.4. The van der Waals surface area contributed by atoms with Gasteiger partial charge in [0.05, 0.1) is 12.3 Å². The predicted molar refractivity (Wildman–Crippen MR) is 66.4 cm³/mol. The Balaban J connectivity index is 2.31. The minimum Gasteiger partial charge on any atom is -0.390 e. The molecule has 0 aliphatic heterocycles. The van der Waals surface area contributed by atoms with Gasteiger partial charge in [-0.25, -0.2) is 8.42 Å². The summed E-state index contributed by atoms with van der Waals surface area (Å²) < 4.78 is 28.1. The van der Waals surface area contributed by atoms with Crippen LogP contribution >= 0.6 is 0 Å². The zero-order valence-electron chi connectivity index (χ0n) is 9.74. The van der Waals surface area contributed by atoms with Crippen molar-refractivity contribution in [1.29, 1.82) is 0 Å². The fourth-order valence-electron chi connectivity index (χ4n) is 1.52. The molecule has 0 atom stereocenters. The topological polar surface area (TPSA) is 84.2 Å². The van der Waals surface area contributed by atoms with E-state index in [9.17, 15) is 8.42 Å². The molecule has 6 nitrogen and oxygen atoms in total. The quantitative estimate of drug-likeness (QED) is 0.854. The molecule has 0 unspecified atom stereocenters. The van der Waals surface area contributed by atoms with Crippen molar-refractivity contribution >= 4 is 15.7 Å². The van der Waals surface area contributed by atoms with E-state index in [1.807, 2.05) is 0 Å². The number of hydrogen-bond acceptors (Lipinski definition) is 4. The molecule has 0 aromatic carbocycles. The summed E-state index contributed by atoms with van der Waals surface area (Å²) in [5, 5.41) is 9.04. The van der Waals surface area contributed by atoms with Crippen molar-refractivity contribution in [2.45, 2.75) is 11.5 Å². The second kappa shape index (κ2) is 4.79. The molecule has 0 aliphatic carbocycles. The van der Waals surface area contributed by atoms with Crippen molar-refractivity contribution in [3.05, 3.63) is 42.5 Å². The second-order valence-corrected chi connectivity index (χ2v) is 5.46. The van der Waals surface area contributed by atoms with Crippen molar-refractivity contribution in [3.63, 3.8) is 0 Å². The molecule has 18 heavy (non-hydrogen) atoms. The number of nitrogens with one attached hydrogen (secondary N) is 1. The molecule has 2 heterocycles. The van der Waals surface area contributed by atoms with Gasteiger partial charge in [0.1, 0.15) is 4.90 Å². The van der Waals surface area contributed by atoms with Gasteiger partial charge in [-0.15, -0.1) is 0 Å². The fraction of sp³-hybridized carbons (Fsp3) is 0.182. The fourth-order valence-corrected chi connectivity index (χ4v) is 2.67. The Labute approximate surface area is 105 Å². The Morgan fingerprint density at radius 1 is 1.39 bits per heavy atom. The maximum Gasteiger partial charge on any atom is 0.263 e. The van der Waals surface area contributed by atoms with Crippen LogP contribution in [0.2, 0.25) is 0 Å². The van der Waals surface area contributed by atoms with Gasteiger partial charge < -0.3 is 9.67 Å². The van der Waals surface area contributed by atoms with Crippen molar-refractivity contribution in [2.75, 3.05) is 4.72 Å². The molecule has 2 aromatic rings. The lowest BCUT2D eigenvalue weighted by Gasteiger charge is -2.05. The van der Waals surface area contributed by atoms with Crippen LogP contribution in [0.3, 0.4) is 0 Å². The number of aromatic nitrogens is 2. The van der Waals surface area contributed by atoms with Crippen LogP contribution in [-0.4, -0.2) is 23.1 Å². The summed E-state index contributed by atoms with van der Waals surface area (Å²) in [7, 11) is -1.96. The van der Waals surface area contributed by atoms with Crippen molar-refractivity contribution < 1.29 is 13.5 Å². The lowest BCUT2D eigenvalue weighted by molar-refractivity contribution is 0.272. The van der Waals surface area contributed by atoms with Crippen molar-refractivity contribution in [3.8, 4) is 0 Å². The van der Waals surface area contributed by atoms with E-state index in [4.69, 9.17) is 5.11 Å². The summed E-state index contributed by atoms with van der Waals surface area (Å²) in [6, 6.07) is 4.56. The van der Waals surface area contributed by atoms with Gasteiger partial charge in [0, 0.05) is 31.3 Å². The highest BCUT2D eigenvalue weighted by atomic mass is 32.2. The number of sulfonamides is 1. The Morgan fingerprint density at radius 2 is 2.06 bits per heavy atom. The predicted octanol–water partition coefficient (Wildman–Crippen LogP) is 0.713. The molecule has 2 N–H and O–H groups in total. The lowest BCUT2D eigenvalue weighted by atomic mass is 10.4. The van der Waals surface area contributed by atoms with Crippen LogP contribution in [0.15, 0.2) is 41.7 Å². The number of aliphatic hydroxyl groups excluding tert-OH is 1. The third-order valence-corrected chi connectivity index (χ3v) is 3.84. The minimum atomic E-state index is -3.63. The smallest absolute Gasteiger partial charge is 0.263 e. The number of aliphatic hydroxyl groups is 1. The number of pyridine rings is 1. The maximum atomic E-state index is 12.1. The molecule has 0 radical (unpaired) electrons. The Morgan fingerprint density at radius 3 is 2.61 bits per heavy atom. The molecule has 0 spiro atoms. The van der Waals surface area contributed by atoms with E-state index in [1.165, 1.54) is 24.7 Å². The standard InChI is InChI=1S/C11H13N3O3S/c1-14-7-11(6-10(14)8-15)18(16,17)13-9-2-4-12-5-3-9/h2-7,15H,8H2,1H3,(H,12,13). The Kier molecular flexibility index (Phi) is 3.35. The molecule has 0 saturated heterocycles. The molecule has 2 aromatic heterocycles. The van der Waals surface area contributed by atoms with Gasteiger partial charge in [-0.1, -0.05) is 0 Å². The largest absolute Gasteiger partial charge is 0.390 e. The molecule has 0 bridgehead atoms. The summed E-state index contributed by atoms with van der Waals surface area (Å²) in [5.74, 6) is 0.